The highest BCUT2D eigenvalue weighted by atomic mass is 32.2. The van der Waals surface area contributed by atoms with Crippen molar-refractivity contribution in [1.82, 2.24) is 4.31 Å². The highest BCUT2D eigenvalue weighted by molar-refractivity contribution is 7.89. The third-order valence-corrected chi connectivity index (χ3v) is 4.93. The lowest BCUT2D eigenvalue weighted by Gasteiger charge is -2.17. The Kier molecular flexibility index (Phi) is 4.59. The molecule has 0 bridgehead atoms. The van der Waals surface area contributed by atoms with E-state index in [1.165, 1.54) is 25.2 Å². The second kappa shape index (κ2) is 6.24. The summed E-state index contributed by atoms with van der Waals surface area (Å²) in [6.45, 7) is 0.153. The maximum absolute atomic E-state index is 13.7. The predicted molar refractivity (Wildman–Crippen MR) is 78.0 cm³/mol. The fraction of sp³-hybridized carbons (Fsp3) is 0.200. The van der Waals surface area contributed by atoms with Gasteiger partial charge in [-0.3, -0.25) is 0 Å². The zero-order valence-corrected chi connectivity index (χ0v) is 12.6. The van der Waals surface area contributed by atoms with E-state index in [2.05, 4.69) is 0 Å². The molecule has 4 nitrogen and oxygen atoms in total. The SMILES string of the molecule is COc1ccc(CN(C)S(=O)(=O)c2ccccc2F)cc1. The van der Waals surface area contributed by atoms with Crippen molar-refractivity contribution in [3.05, 3.63) is 59.9 Å². The van der Waals surface area contributed by atoms with E-state index in [9.17, 15) is 12.8 Å². The number of sulfonamides is 1. The number of nitrogens with zero attached hydrogens (tertiary/aromatic N) is 1. The molecular formula is C15H16FNO3S. The highest BCUT2D eigenvalue weighted by Crippen LogP contribution is 2.20. The van der Waals surface area contributed by atoms with Crippen LogP contribution in [0.5, 0.6) is 5.75 Å². The maximum atomic E-state index is 13.7. The second-order valence-corrected chi connectivity index (χ2v) is 6.55. The summed E-state index contributed by atoms with van der Waals surface area (Å²) in [6.07, 6.45) is 0. The number of ether oxygens (including phenoxy) is 1. The van der Waals surface area contributed by atoms with Crippen molar-refractivity contribution in [2.24, 2.45) is 0 Å². The number of halogens is 1. The Bertz CT molecular complexity index is 714. The van der Waals surface area contributed by atoms with Crippen LogP contribution >= 0.6 is 0 Å². The van der Waals surface area contributed by atoms with Crippen LogP contribution < -0.4 is 4.74 Å². The molecule has 0 saturated carbocycles. The van der Waals surface area contributed by atoms with E-state index in [4.69, 9.17) is 4.74 Å². The van der Waals surface area contributed by atoms with E-state index in [1.54, 1.807) is 31.4 Å². The predicted octanol–water partition coefficient (Wildman–Crippen LogP) is 2.66. The van der Waals surface area contributed by atoms with Crippen LogP contribution in [-0.2, 0) is 16.6 Å². The average Bonchev–Trinajstić information content (AvgIpc) is 2.48. The Labute approximate surface area is 123 Å². The van der Waals surface area contributed by atoms with Crippen LogP contribution in [0, 0.1) is 5.82 Å². The van der Waals surface area contributed by atoms with Crippen molar-refractivity contribution in [2.45, 2.75) is 11.4 Å². The zero-order valence-electron chi connectivity index (χ0n) is 11.8. The number of rotatable bonds is 5. The fourth-order valence-corrected chi connectivity index (χ4v) is 3.11. The van der Waals surface area contributed by atoms with Crippen molar-refractivity contribution < 1.29 is 17.5 Å². The molecule has 0 amide bonds. The molecule has 0 aliphatic rings. The van der Waals surface area contributed by atoms with Gasteiger partial charge in [-0.1, -0.05) is 24.3 Å². The van der Waals surface area contributed by atoms with Gasteiger partial charge in [0.2, 0.25) is 10.0 Å². The van der Waals surface area contributed by atoms with Crippen molar-refractivity contribution >= 4 is 10.0 Å². The first kappa shape index (κ1) is 15.5. The van der Waals surface area contributed by atoms with Crippen molar-refractivity contribution in [3.63, 3.8) is 0 Å². The van der Waals surface area contributed by atoms with Gasteiger partial charge >= 0.3 is 0 Å². The molecule has 2 aromatic carbocycles. The number of hydrogen-bond acceptors (Lipinski definition) is 3. The molecule has 6 heteroatoms. The molecule has 2 rings (SSSR count). The third-order valence-electron chi connectivity index (χ3n) is 3.09. The molecule has 0 spiro atoms. The lowest BCUT2D eigenvalue weighted by Crippen LogP contribution is -2.27. The summed E-state index contributed by atoms with van der Waals surface area (Å²) in [6, 6.07) is 12.4. The Morgan fingerprint density at radius 3 is 2.29 bits per heavy atom. The minimum atomic E-state index is -3.86. The third kappa shape index (κ3) is 3.40. The lowest BCUT2D eigenvalue weighted by molar-refractivity contribution is 0.414. The van der Waals surface area contributed by atoms with Gasteiger partial charge in [0, 0.05) is 13.6 Å². The first-order chi connectivity index (χ1) is 9.95. The molecule has 0 aliphatic carbocycles. The maximum Gasteiger partial charge on any atom is 0.246 e. The van der Waals surface area contributed by atoms with Gasteiger partial charge in [0.15, 0.2) is 0 Å². The molecule has 0 atom stereocenters. The summed E-state index contributed by atoms with van der Waals surface area (Å²) in [7, 11) is -0.875. The fourth-order valence-electron chi connectivity index (χ4n) is 1.89. The van der Waals surface area contributed by atoms with Gasteiger partial charge in [-0.25, -0.2) is 12.8 Å². The standard InChI is InChI=1S/C15H16FNO3S/c1-17(11-12-7-9-13(20-2)10-8-12)21(18,19)15-6-4-3-5-14(15)16/h3-10H,11H2,1-2H3. The smallest absolute Gasteiger partial charge is 0.246 e. The molecule has 0 saturated heterocycles. The van der Waals surface area contributed by atoms with Crippen molar-refractivity contribution in [2.75, 3.05) is 14.2 Å². The first-order valence-electron chi connectivity index (χ1n) is 6.29. The normalized spacial score (nSPS) is 11.6. The average molecular weight is 309 g/mol. The second-order valence-electron chi connectivity index (χ2n) is 4.54. The summed E-state index contributed by atoms with van der Waals surface area (Å²) in [4.78, 5) is -0.319. The summed E-state index contributed by atoms with van der Waals surface area (Å²) in [5.74, 6) is -0.0579. The summed E-state index contributed by atoms with van der Waals surface area (Å²) < 4.78 is 44.5. The Morgan fingerprint density at radius 2 is 1.71 bits per heavy atom. The quantitative estimate of drug-likeness (QED) is 0.853. The first-order valence-corrected chi connectivity index (χ1v) is 7.73. The van der Waals surface area contributed by atoms with E-state index in [-0.39, 0.29) is 11.4 Å². The van der Waals surface area contributed by atoms with Crippen molar-refractivity contribution in [3.8, 4) is 5.75 Å². The molecule has 0 unspecified atom stereocenters. The summed E-state index contributed by atoms with van der Waals surface area (Å²) in [5, 5.41) is 0. The number of methoxy groups -OCH3 is 1. The Balaban J connectivity index is 2.22. The molecule has 0 aromatic heterocycles. The Hall–Kier alpha value is -1.92. The molecule has 0 fully saturated rings. The molecule has 21 heavy (non-hydrogen) atoms. The van der Waals surface area contributed by atoms with E-state index >= 15 is 0 Å². The topological polar surface area (TPSA) is 46.6 Å². The van der Waals surface area contributed by atoms with E-state index in [1.807, 2.05) is 0 Å². The van der Waals surface area contributed by atoms with Crippen LogP contribution in [-0.4, -0.2) is 26.9 Å². The van der Waals surface area contributed by atoms with Gasteiger partial charge in [0.25, 0.3) is 0 Å². The van der Waals surface area contributed by atoms with Crippen LogP contribution in [0.1, 0.15) is 5.56 Å². The lowest BCUT2D eigenvalue weighted by atomic mass is 10.2. The van der Waals surface area contributed by atoms with Gasteiger partial charge in [0.05, 0.1) is 7.11 Å². The van der Waals surface area contributed by atoms with E-state index < -0.39 is 15.8 Å². The zero-order chi connectivity index (χ0) is 15.5. The molecule has 0 N–H and O–H groups in total. The van der Waals surface area contributed by atoms with Gasteiger partial charge in [-0.2, -0.15) is 4.31 Å². The van der Waals surface area contributed by atoms with Gasteiger partial charge in [-0.15, -0.1) is 0 Å². The minimum Gasteiger partial charge on any atom is -0.497 e. The highest BCUT2D eigenvalue weighted by Gasteiger charge is 2.24. The summed E-state index contributed by atoms with van der Waals surface area (Å²) >= 11 is 0. The number of benzene rings is 2. The van der Waals surface area contributed by atoms with Crippen LogP contribution in [0.4, 0.5) is 4.39 Å². The van der Waals surface area contributed by atoms with Crippen LogP contribution in [0.15, 0.2) is 53.4 Å². The number of hydrogen-bond donors (Lipinski definition) is 0. The molecule has 112 valence electrons. The molecule has 0 aliphatic heterocycles. The van der Waals surface area contributed by atoms with E-state index in [0.717, 1.165) is 15.9 Å². The van der Waals surface area contributed by atoms with Gasteiger partial charge in [0.1, 0.15) is 16.5 Å². The largest absolute Gasteiger partial charge is 0.497 e. The molecule has 2 aromatic rings. The molecule has 0 heterocycles. The molecule has 0 radical (unpaired) electrons. The van der Waals surface area contributed by atoms with Gasteiger partial charge in [-0.05, 0) is 29.8 Å². The molecular weight excluding hydrogens is 293 g/mol. The Morgan fingerprint density at radius 1 is 1.10 bits per heavy atom. The van der Waals surface area contributed by atoms with Crippen molar-refractivity contribution in [1.29, 1.82) is 0 Å². The minimum absolute atomic E-state index is 0.153. The van der Waals surface area contributed by atoms with Gasteiger partial charge < -0.3 is 4.74 Å². The van der Waals surface area contributed by atoms with E-state index in [0.29, 0.717) is 5.75 Å². The monoisotopic (exact) mass is 309 g/mol. The van der Waals surface area contributed by atoms with Crippen LogP contribution in [0.3, 0.4) is 0 Å². The van der Waals surface area contributed by atoms with Crippen LogP contribution in [0.25, 0.3) is 0 Å². The van der Waals surface area contributed by atoms with Crippen LogP contribution in [0.2, 0.25) is 0 Å². The summed E-state index contributed by atoms with van der Waals surface area (Å²) in [5.41, 5.74) is 0.790.